The Kier molecular flexibility index (Phi) is 2.65. The molecule has 6 nitrogen and oxygen atoms in total. The largest absolute Gasteiger partial charge is 0.388 e. The number of hydrogen-bond acceptors (Lipinski definition) is 5. The number of hydrogen-bond donors (Lipinski definition) is 2. The third-order valence-corrected chi connectivity index (χ3v) is 3.94. The highest BCUT2D eigenvalue weighted by atomic mass is 16.3. The summed E-state index contributed by atoms with van der Waals surface area (Å²) >= 11 is 0. The van der Waals surface area contributed by atoms with Gasteiger partial charge >= 0.3 is 0 Å². The monoisotopic (exact) mass is 281 g/mol. The minimum atomic E-state index is -0.350. The molecular weight excluding hydrogens is 266 g/mol. The first-order chi connectivity index (χ1) is 10.2. The first-order valence-electron chi connectivity index (χ1n) is 6.96. The fraction of sp³-hybridized carbons (Fsp3) is 0.267. The van der Waals surface area contributed by atoms with Crippen molar-refractivity contribution in [3.8, 4) is 5.69 Å². The Morgan fingerprint density at radius 2 is 1.90 bits per heavy atom. The third-order valence-electron chi connectivity index (χ3n) is 3.94. The minimum absolute atomic E-state index is 0.350. The maximum Gasteiger partial charge on any atom is 0.170 e. The SMILES string of the molecule is Nc1ncnc2c1ncn2-c1ccc(C(O)C2CC2)cc1. The van der Waals surface area contributed by atoms with E-state index in [2.05, 4.69) is 15.0 Å². The summed E-state index contributed by atoms with van der Waals surface area (Å²) < 4.78 is 1.86. The molecule has 1 fully saturated rings. The van der Waals surface area contributed by atoms with Crippen LogP contribution in [0.1, 0.15) is 24.5 Å². The van der Waals surface area contributed by atoms with Crippen molar-refractivity contribution in [1.82, 2.24) is 19.5 Å². The van der Waals surface area contributed by atoms with Gasteiger partial charge in [0.2, 0.25) is 0 Å². The molecule has 0 bridgehead atoms. The number of nitrogens with two attached hydrogens (primary N) is 1. The maximum absolute atomic E-state index is 10.1. The summed E-state index contributed by atoms with van der Waals surface area (Å²) in [6.45, 7) is 0. The molecule has 1 atom stereocenters. The van der Waals surface area contributed by atoms with Gasteiger partial charge in [-0.2, -0.15) is 0 Å². The van der Waals surface area contributed by atoms with Crippen LogP contribution in [-0.4, -0.2) is 24.6 Å². The van der Waals surface area contributed by atoms with E-state index in [4.69, 9.17) is 5.73 Å². The van der Waals surface area contributed by atoms with Crippen molar-refractivity contribution in [2.24, 2.45) is 5.92 Å². The van der Waals surface area contributed by atoms with Gasteiger partial charge < -0.3 is 10.8 Å². The molecule has 1 aliphatic rings. The van der Waals surface area contributed by atoms with Crippen LogP contribution in [0.4, 0.5) is 5.82 Å². The van der Waals surface area contributed by atoms with E-state index < -0.39 is 0 Å². The van der Waals surface area contributed by atoms with Crippen LogP contribution < -0.4 is 5.73 Å². The summed E-state index contributed by atoms with van der Waals surface area (Å²) in [6.07, 6.45) is 5.00. The number of aliphatic hydroxyl groups excluding tert-OH is 1. The summed E-state index contributed by atoms with van der Waals surface area (Å²) in [5.41, 5.74) is 8.96. The Labute approximate surface area is 121 Å². The van der Waals surface area contributed by atoms with Crippen molar-refractivity contribution in [3.05, 3.63) is 42.5 Å². The van der Waals surface area contributed by atoms with Crippen LogP contribution in [-0.2, 0) is 0 Å². The number of fused-ring (bicyclic) bond motifs is 1. The second-order valence-corrected chi connectivity index (χ2v) is 5.42. The highest BCUT2D eigenvalue weighted by Crippen LogP contribution is 2.40. The minimum Gasteiger partial charge on any atom is -0.388 e. The molecule has 2 aromatic heterocycles. The van der Waals surface area contributed by atoms with E-state index in [1.54, 1.807) is 6.33 Å². The standard InChI is InChI=1S/C15H15N5O/c16-14-12-15(18-7-17-14)20(8-19-12)11-5-3-10(4-6-11)13(21)9-1-2-9/h3-9,13,21H,1-2H2,(H2,16,17,18). The molecule has 0 radical (unpaired) electrons. The van der Waals surface area contributed by atoms with E-state index in [9.17, 15) is 5.11 Å². The van der Waals surface area contributed by atoms with Crippen molar-refractivity contribution in [2.45, 2.75) is 18.9 Å². The number of benzene rings is 1. The second kappa shape index (κ2) is 4.53. The van der Waals surface area contributed by atoms with Crippen LogP contribution in [0.5, 0.6) is 0 Å². The molecule has 1 unspecified atom stereocenters. The van der Waals surface area contributed by atoms with Gasteiger partial charge in [-0.05, 0) is 36.5 Å². The molecule has 4 rings (SSSR count). The van der Waals surface area contributed by atoms with E-state index in [1.165, 1.54) is 6.33 Å². The van der Waals surface area contributed by atoms with Gasteiger partial charge in [0.1, 0.15) is 12.7 Å². The van der Waals surface area contributed by atoms with Gasteiger partial charge in [0.05, 0.1) is 6.10 Å². The van der Waals surface area contributed by atoms with Gasteiger partial charge in [-0.15, -0.1) is 0 Å². The van der Waals surface area contributed by atoms with Gasteiger partial charge in [-0.1, -0.05) is 12.1 Å². The average molecular weight is 281 g/mol. The fourth-order valence-corrected chi connectivity index (χ4v) is 2.56. The number of aliphatic hydroxyl groups is 1. The first-order valence-corrected chi connectivity index (χ1v) is 6.96. The highest BCUT2D eigenvalue weighted by Gasteiger charge is 2.30. The maximum atomic E-state index is 10.1. The van der Waals surface area contributed by atoms with E-state index >= 15 is 0 Å². The van der Waals surface area contributed by atoms with E-state index in [1.807, 2.05) is 28.8 Å². The van der Waals surface area contributed by atoms with Crippen LogP contribution >= 0.6 is 0 Å². The Morgan fingerprint density at radius 1 is 1.14 bits per heavy atom. The summed E-state index contributed by atoms with van der Waals surface area (Å²) in [7, 11) is 0. The molecule has 6 heteroatoms. The average Bonchev–Trinajstić information content (AvgIpc) is 3.27. The van der Waals surface area contributed by atoms with Crippen molar-refractivity contribution in [2.75, 3.05) is 5.73 Å². The molecule has 1 saturated carbocycles. The molecule has 0 spiro atoms. The Balaban J connectivity index is 1.73. The number of nitrogens with zero attached hydrogens (tertiary/aromatic N) is 4. The predicted octanol–water partition coefficient (Wildman–Crippen LogP) is 1.84. The lowest BCUT2D eigenvalue weighted by Crippen LogP contribution is -2.01. The first kappa shape index (κ1) is 12.3. The van der Waals surface area contributed by atoms with Crippen molar-refractivity contribution < 1.29 is 5.11 Å². The van der Waals surface area contributed by atoms with Gasteiger partial charge in [0, 0.05) is 5.69 Å². The van der Waals surface area contributed by atoms with E-state index in [0.717, 1.165) is 24.1 Å². The van der Waals surface area contributed by atoms with Gasteiger partial charge in [-0.3, -0.25) is 4.57 Å². The molecule has 0 aliphatic heterocycles. The molecular formula is C15H15N5O. The molecule has 0 saturated heterocycles. The predicted molar refractivity (Wildman–Crippen MR) is 78.8 cm³/mol. The van der Waals surface area contributed by atoms with E-state index in [-0.39, 0.29) is 6.10 Å². The lowest BCUT2D eigenvalue weighted by atomic mass is 10.1. The molecule has 3 aromatic rings. The number of imidazole rings is 1. The van der Waals surface area contributed by atoms with Crippen LogP contribution in [0.3, 0.4) is 0 Å². The zero-order valence-electron chi connectivity index (χ0n) is 11.3. The van der Waals surface area contributed by atoms with Crippen molar-refractivity contribution >= 4 is 17.0 Å². The second-order valence-electron chi connectivity index (χ2n) is 5.42. The molecule has 3 N–H and O–H groups in total. The molecule has 106 valence electrons. The number of aromatic nitrogens is 4. The lowest BCUT2D eigenvalue weighted by molar-refractivity contribution is 0.154. The Bertz CT molecular complexity index is 791. The number of anilines is 1. The molecule has 2 heterocycles. The normalized spacial score (nSPS) is 16.2. The lowest BCUT2D eigenvalue weighted by Gasteiger charge is -2.10. The van der Waals surface area contributed by atoms with Crippen LogP contribution in [0, 0.1) is 5.92 Å². The van der Waals surface area contributed by atoms with Gasteiger partial charge in [0.15, 0.2) is 17.0 Å². The zero-order chi connectivity index (χ0) is 14.4. The quantitative estimate of drug-likeness (QED) is 0.764. The van der Waals surface area contributed by atoms with Crippen molar-refractivity contribution in [3.63, 3.8) is 0 Å². The highest BCUT2D eigenvalue weighted by molar-refractivity contribution is 5.82. The molecule has 21 heavy (non-hydrogen) atoms. The number of rotatable bonds is 3. The summed E-state index contributed by atoms with van der Waals surface area (Å²) in [5, 5.41) is 10.1. The molecule has 0 amide bonds. The summed E-state index contributed by atoms with van der Waals surface area (Å²) in [6, 6.07) is 7.82. The molecule has 1 aromatic carbocycles. The Hall–Kier alpha value is -2.47. The van der Waals surface area contributed by atoms with Gasteiger partial charge in [-0.25, -0.2) is 15.0 Å². The number of nitrogen functional groups attached to an aromatic ring is 1. The fourth-order valence-electron chi connectivity index (χ4n) is 2.56. The van der Waals surface area contributed by atoms with Crippen molar-refractivity contribution in [1.29, 1.82) is 0 Å². The Morgan fingerprint density at radius 3 is 2.62 bits per heavy atom. The molecule has 1 aliphatic carbocycles. The third kappa shape index (κ3) is 2.04. The summed E-state index contributed by atoms with van der Waals surface area (Å²) in [5.74, 6) is 0.803. The summed E-state index contributed by atoms with van der Waals surface area (Å²) in [4.78, 5) is 12.4. The van der Waals surface area contributed by atoms with Crippen LogP contribution in [0.2, 0.25) is 0 Å². The zero-order valence-corrected chi connectivity index (χ0v) is 11.3. The van der Waals surface area contributed by atoms with E-state index in [0.29, 0.717) is 22.9 Å². The van der Waals surface area contributed by atoms with Gasteiger partial charge in [0.25, 0.3) is 0 Å². The van der Waals surface area contributed by atoms with Crippen LogP contribution in [0.25, 0.3) is 16.9 Å². The smallest absolute Gasteiger partial charge is 0.170 e. The van der Waals surface area contributed by atoms with Crippen LogP contribution in [0.15, 0.2) is 36.9 Å². The topological polar surface area (TPSA) is 89.9 Å².